The van der Waals surface area contributed by atoms with Crippen molar-refractivity contribution in [3.63, 3.8) is 0 Å². The van der Waals surface area contributed by atoms with Crippen molar-refractivity contribution in [2.45, 2.75) is 19.4 Å². The van der Waals surface area contributed by atoms with E-state index >= 15 is 0 Å². The molecule has 1 aliphatic rings. The number of rotatable bonds is 4. The average molecular weight is 341 g/mol. The zero-order valence-electron chi connectivity index (χ0n) is 12.8. The maximum absolute atomic E-state index is 12.3. The summed E-state index contributed by atoms with van der Waals surface area (Å²) < 4.78 is 23.2. The highest BCUT2D eigenvalue weighted by Gasteiger charge is 2.26. The van der Waals surface area contributed by atoms with Crippen molar-refractivity contribution in [2.24, 2.45) is 0 Å². The molecular formula is C14H19N3O5S. The van der Waals surface area contributed by atoms with Gasteiger partial charge in [0.15, 0.2) is 9.84 Å². The first kappa shape index (κ1) is 17.4. The van der Waals surface area contributed by atoms with E-state index in [4.69, 9.17) is 0 Å². The molecule has 1 aromatic rings. The van der Waals surface area contributed by atoms with Gasteiger partial charge >= 0.3 is 0 Å². The van der Waals surface area contributed by atoms with E-state index < -0.39 is 20.8 Å². The van der Waals surface area contributed by atoms with E-state index in [1.54, 1.807) is 6.92 Å². The van der Waals surface area contributed by atoms with Crippen LogP contribution in [0.4, 0.5) is 11.4 Å². The van der Waals surface area contributed by atoms with Crippen LogP contribution in [0.25, 0.3) is 0 Å². The van der Waals surface area contributed by atoms with Gasteiger partial charge in [0.2, 0.25) is 5.91 Å². The predicted octanol–water partition coefficient (Wildman–Crippen LogP) is 1.04. The molecule has 8 nitrogen and oxygen atoms in total. The molecule has 0 aromatic heterocycles. The van der Waals surface area contributed by atoms with Crippen molar-refractivity contribution in [1.82, 2.24) is 4.90 Å². The van der Waals surface area contributed by atoms with Crippen LogP contribution in [0.1, 0.15) is 13.3 Å². The Labute approximate surface area is 134 Å². The third kappa shape index (κ3) is 4.73. The van der Waals surface area contributed by atoms with E-state index in [-0.39, 0.29) is 23.1 Å². The fourth-order valence-electron chi connectivity index (χ4n) is 2.42. The normalized spacial score (nSPS) is 19.5. The third-order valence-corrected chi connectivity index (χ3v) is 5.58. The van der Waals surface area contributed by atoms with Gasteiger partial charge in [-0.05, 0) is 32.0 Å². The molecule has 1 N–H and O–H groups in total. The van der Waals surface area contributed by atoms with Gasteiger partial charge in [0, 0.05) is 24.4 Å². The highest BCUT2D eigenvalue weighted by atomic mass is 32.2. The molecule has 1 aliphatic heterocycles. The topological polar surface area (TPSA) is 110 Å². The zero-order valence-corrected chi connectivity index (χ0v) is 13.6. The van der Waals surface area contributed by atoms with Crippen LogP contribution in [-0.4, -0.2) is 54.8 Å². The summed E-state index contributed by atoms with van der Waals surface area (Å²) in [6, 6.07) is 5.10. The molecule has 0 radical (unpaired) electrons. The Balaban J connectivity index is 1.98. The van der Waals surface area contributed by atoms with Crippen molar-refractivity contribution < 1.29 is 18.1 Å². The number of nitro benzene ring substituents is 1. The first-order chi connectivity index (χ1) is 10.8. The summed E-state index contributed by atoms with van der Waals surface area (Å²) in [6.45, 7) is 2.60. The Kier molecular flexibility index (Phi) is 5.32. The Morgan fingerprint density at radius 3 is 2.52 bits per heavy atom. The first-order valence-corrected chi connectivity index (χ1v) is 9.10. The average Bonchev–Trinajstić information content (AvgIpc) is 2.67. The molecule has 1 amide bonds. The molecule has 0 spiro atoms. The SMILES string of the molecule is C[C@@H](C(=O)Nc1ccc([N+](=O)[O-])cc1)N1CCCS(=O)(=O)CC1. The molecule has 9 heteroatoms. The lowest BCUT2D eigenvalue weighted by Crippen LogP contribution is -2.43. The molecule has 2 rings (SSSR count). The Hall–Kier alpha value is -2.00. The number of anilines is 1. The minimum atomic E-state index is -3.02. The summed E-state index contributed by atoms with van der Waals surface area (Å²) in [7, 11) is -3.02. The molecule has 0 aliphatic carbocycles. The number of carbonyl (C=O) groups is 1. The van der Waals surface area contributed by atoms with Crippen LogP contribution in [0, 0.1) is 10.1 Å². The van der Waals surface area contributed by atoms with Crippen molar-refractivity contribution >= 4 is 27.1 Å². The standard InChI is InChI=1S/C14H19N3O5S/c1-11(16-7-2-9-23(21,22)10-8-16)14(18)15-12-3-5-13(6-4-12)17(19)20/h3-6,11H,2,7-10H2,1H3,(H,15,18)/t11-/m0/s1. The van der Waals surface area contributed by atoms with Crippen LogP contribution in [0.3, 0.4) is 0 Å². The van der Waals surface area contributed by atoms with Gasteiger partial charge < -0.3 is 5.32 Å². The van der Waals surface area contributed by atoms with Crippen molar-refractivity contribution in [2.75, 3.05) is 29.9 Å². The van der Waals surface area contributed by atoms with Gasteiger partial charge in [-0.2, -0.15) is 0 Å². The lowest BCUT2D eigenvalue weighted by Gasteiger charge is -2.26. The lowest BCUT2D eigenvalue weighted by atomic mass is 10.2. The molecular weight excluding hydrogens is 322 g/mol. The van der Waals surface area contributed by atoms with Crippen LogP contribution >= 0.6 is 0 Å². The van der Waals surface area contributed by atoms with Crippen LogP contribution < -0.4 is 5.32 Å². The number of nitrogens with one attached hydrogen (secondary N) is 1. The van der Waals surface area contributed by atoms with E-state index in [1.807, 2.05) is 4.90 Å². The molecule has 1 aromatic carbocycles. The van der Waals surface area contributed by atoms with Crippen molar-refractivity contribution in [3.8, 4) is 0 Å². The number of hydrogen-bond donors (Lipinski definition) is 1. The minimum Gasteiger partial charge on any atom is -0.325 e. The second-order valence-electron chi connectivity index (χ2n) is 5.51. The maximum Gasteiger partial charge on any atom is 0.269 e. The van der Waals surface area contributed by atoms with Gasteiger partial charge in [0.1, 0.15) is 0 Å². The van der Waals surface area contributed by atoms with Gasteiger partial charge in [0.05, 0.1) is 22.5 Å². The second kappa shape index (κ2) is 7.05. The van der Waals surface area contributed by atoms with Crippen molar-refractivity contribution in [1.29, 1.82) is 0 Å². The largest absolute Gasteiger partial charge is 0.325 e. The lowest BCUT2D eigenvalue weighted by molar-refractivity contribution is -0.384. The van der Waals surface area contributed by atoms with Gasteiger partial charge in [-0.15, -0.1) is 0 Å². The van der Waals surface area contributed by atoms with Crippen LogP contribution in [0.2, 0.25) is 0 Å². The molecule has 1 fully saturated rings. The summed E-state index contributed by atoms with van der Waals surface area (Å²) in [5, 5.41) is 13.3. The van der Waals surface area contributed by atoms with Gasteiger partial charge in [-0.1, -0.05) is 0 Å². The first-order valence-electron chi connectivity index (χ1n) is 7.28. The zero-order chi connectivity index (χ0) is 17.0. The number of benzene rings is 1. The van der Waals surface area contributed by atoms with Crippen LogP contribution in [0.15, 0.2) is 24.3 Å². The summed E-state index contributed by atoms with van der Waals surface area (Å²) >= 11 is 0. The van der Waals surface area contributed by atoms with E-state index in [1.165, 1.54) is 24.3 Å². The fraction of sp³-hybridized carbons (Fsp3) is 0.500. The van der Waals surface area contributed by atoms with Crippen molar-refractivity contribution in [3.05, 3.63) is 34.4 Å². The summed E-state index contributed by atoms with van der Waals surface area (Å²) in [4.78, 5) is 24.2. The number of nitro groups is 1. The highest BCUT2D eigenvalue weighted by molar-refractivity contribution is 7.91. The number of amides is 1. The number of non-ortho nitro benzene ring substituents is 1. The highest BCUT2D eigenvalue weighted by Crippen LogP contribution is 2.16. The third-order valence-electron chi connectivity index (χ3n) is 3.86. The van der Waals surface area contributed by atoms with E-state index in [0.717, 1.165) is 0 Å². The number of carbonyl (C=O) groups excluding carboxylic acids is 1. The summed E-state index contributed by atoms with van der Waals surface area (Å²) in [5.41, 5.74) is 0.420. The monoisotopic (exact) mass is 341 g/mol. The quantitative estimate of drug-likeness (QED) is 0.647. The molecule has 0 saturated carbocycles. The number of hydrogen-bond acceptors (Lipinski definition) is 6. The molecule has 126 valence electrons. The van der Waals surface area contributed by atoms with E-state index in [2.05, 4.69) is 5.32 Å². The summed E-state index contributed by atoms with van der Waals surface area (Å²) in [6.07, 6.45) is 0.511. The van der Waals surface area contributed by atoms with Gasteiger partial charge in [-0.3, -0.25) is 19.8 Å². The Morgan fingerprint density at radius 1 is 1.26 bits per heavy atom. The van der Waals surface area contributed by atoms with E-state index in [0.29, 0.717) is 25.2 Å². The summed E-state index contributed by atoms with van der Waals surface area (Å²) in [5.74, 6) is -0.0549. The molecule has 0 bridgehead atoms. The predicted molar refractivity (Wildman–Crippen MR) is 86.0 cm³/mol. The van der Waals surface area contributed by atoms with Crippen LogP contribution in [-0.2, 0) is 14.6 Å². The molecule has 1 heterocycles. The smallest absolute Gasteiger partial charge is 0.269 e. The molecule has 0 unspecified atom stereocenters. The maximum atomic E-state index is 12.3. The molecule has 1 saturated heterocycles. The Bertz CT molecular complexity index is 687. The fourth-order valence-corrected chi connectivity index (χ4v) is 3.71. The van der Waals surface area contributed by atoms with Gasteiger partial charge in [0.25, 0.3) is 5.69 Å². The Morgan fingerprint density at radius 2 is 1.91 bits per heavy atom. The number of sulfone groups is 1. The molecule has 1 atom stereocenters. The molecule has 23 heavy (non-hydrogen) atoms. The van der Waals surface area contributed by atoms with Gasteiger partial charge in [-0.25, -0.2) is 8.42 Å². The minimum absolute atomic E-state index is 0.0474. The number of nitrogens with zero attached hydrogens (tertiary/aromatic N) is 2. The van der Waals surface area contributed by atoms with Crippen LogP contribution in [0.5, 0.6) is 0 Å². The van der Waals surface area contributed by atoms with E-state index in [9.17, 15) is 23.3 Å². The second-order valence-corrected chi connectivity index (χ2v) is 7.81.